The number of aromatic nitrogens is 1. The predicted octanol–water partition coefficient (Wildman–Crippen LogP) is 2.06. The Labute approximate surface area is 92.9 Å². The fraction of sp³-hybridized carbons (Fsp3) is 0.125. The van der Waals surface area contributed by atoms with Crippen molar-refractivity contribution in [2.45, 2.75) is 5.51 Å². The van der Waals surface area contributed by atoms with Crippen LogP contribution in [0.3, 0.4) is 0 Å². The summed E-state index contributed by atoms with van der Waals surface area (Å²) in [7, 11) is -5.66. The Kier molecular flexibility index (Phi) is 2.49. The maximum absolute atomic E-state index is 12.0. The third-order valence-corrected chi connectivity index (χ3v) is 2.80. The first-order valence-corrected chi connectivity index (χ1v) is 5.56. The highest BCUT2D eigenvalue weighted by Gasteiger charge is 2.48. The van der Waals surface area contributed by atoms with E-state index in [-0.39, 0.29) is 5.58 Å². The third-order valence-electron chi connectivity index (χ3n) is 1.82. The van der Waals surface area contributed by atoms with Crippen LogP contribution in [-0.4, -0.2) is 19.1 Å². The smallest absolute Gasteiger partial charge is 0.376 e. The molecule has 0 amide bonds. The van der Waals surface area contributed by atoms with Crippen molar-refractivity contribution in [3.8, 4) is 5.75 Å². The Morgan fingerprint density at radius 3 is 2.65 bits per heavy atom. The first kappa shape index (κ1) is 11.7. The zero-order valence-electron chi connectivity index (χ0n) is 7.93. The average molecular weight is 267 g/mol. The second-order valence-corrected chi connectivity index (χ2v) is 4.55. The van der Waals surface area contributed by atoms with Gasteiger partial charge in [0.2, 0.25) is 0 Å². The van der Waals surface area contributed by atoms with Gasteiger partial charge in [0.15, 0.2) is 5.58 Å². The van der Waals surface area contributed by atoms with Gasteiger partial charge in [-0.15, -0.1) is 0 Å². The SMILES string of the molecule is O=S(=O)(Oc1ccc2cnoc2c1)C(F)(F)F. The molecule has 0 saturated carbocycles. The molecule has 0 aliphatic carbocycles. The number of hydrogen-bond acceptors (Lipinski definition) is 5. The summed E-state index contributed by atoms with van der Waals surface area (Å²) < 4.78 is 66.0. The van der Waals surface area contributed by atoms with Crippen molar-refractivity contribution in [1.82, 2.24) is 5.16 Å². The first-order chi connectivity index (χ1) is 7.79. The lowest BCUT2D eigenvalue weighted by Gasteiger charge is -2.08. The van der Waals surface area contributed by atoms with E-state index in [0.717, 1.165) is 12.1 Å². The molecule has 9 heteroatoms. The summed E-state index contributed by atoms with van der Waals surface area (Å²) in [4.78, 5) is 0. The van der Waals surface area contributed by atoms with Crippen LogP contribution in [0.2, 0.25) is 0 Å². The van der Waals surface area contributed by atoms with Crippen molar-refractivity contribution < 1.29 is 30.3 Å². The molecule has 1 aromatic carbocycles. The van der Waals surface area contributed by atoms with Gasteiger partial charge in [-0.05, 0) is 12.1 Å². The number of nitrogens with zero attached hydrogens (tertiary/aromatic N) is 1. The van der Waals surface area contributed by atoms with Gasteiger partial charge in [-0.3, -0.25) is 0 Å². The van der Waals surface area contributed by atoms with E-state index in [1.165, 1.54) is 12.3 Å². The molecule has 1 aromatic heterocycles. The van der Waals surface area contributed by atoms with E-state index >= 15 is 0 Å². The van der Waals surface area contributed by atoms with E-state index in [4.69, 9.17) is 0 Å². The number of halogens is 3. The highest BCUT2D eigenvalue weighted by atomic mass is 32.2. The van der Waals surface area contributed by atoms with Crippen LogP contribution < -0.4 is 4.18 Å². The lowest BCUT2D eigenvalue weighted by Crippen LogP contribution is -2.27. The van der Waals surface area contributed by atoms with Crippen LogP contribution >= 0.6 is 0 Å². The molecule has 5 nitrogen and oxygen atoms in total. The number of hydrogen-bond donors (Lipinski definition) is 0. The maximum atomic E-state index is 12.0. The van der Waals surface area contributed by atoms with Crippen molar-refractivity contribution in [1.29, 1.82) is 0 Å². The topological polar surface area (TPSA) is 69.4 Å². The minimum Gasteiger partial charge on any atom is -0.376 e. The molecule has 0 saturated heterocycles. The van der Waals surface area contributed by atoms with Crippen LogP contribution in [0.5, 0.6) is 5.75 Å². The molecule has 0 spiro atoms. The van der Waals surface area contributed by atoms with E-state index in [1.54, 1.807) is 0 Å². The zero-order chi connectivity index (χ0) is 12.7. The van der Waals surface area contributed by atoms with Crippen LogP contribution in [0, 0.1) is 0 Å². The van der Waals surface area contributed by atoms with Crippen LogP contribution in [0.1, 0.15) is 0 Å². The van der Waals surface area contributed by atoms with Gasteiger partial charge in [0.05, 0.1) is 6.20 Å². The van der Waals surface area contributed by atoms with Gasteiger partial charge in [-0.25, -0.2) is 0 Å². The standard InChI is InChI=1S/C8H4F3NO4S/c9-8(10,11)17(13,14)16-6-2-1-5-4-12-15-7(5)3-6/h1-4H. The lowest BCUT2D eigenvalue weighted by atomic mass is 10.2. The second kappa shape index (κ2) is 3.62. The summed E-state index contributed by atoms with van der Waals surface area (Å²) in [5.41, 5.74) is -5.34. The van der Waals surface area contributed by atoms with Gasteiger partial charge in [0, 0.05) is 11.5 Å². The first-order valence-electron chi connectivity index (χ1n) is 4.15. The number of rotatable bonds is 2. The molecule has 0 radical (unpaired) electrons. The van der Waals surface area contributed by atoms with E-state index < -0.39 is 21.4 Å². The Balaban J connectivity index is 2.36. The van der Waals surface area contributed by atoms with Crippen molar-refractivity contribution >= 4 is 21.1 Å². The molecule has 0 bridgehead atoms. The Hall–Kier alpha value is -1.77. The lowest BCUT2D eigenvalue weighted by molar-refractivity contribution is -0.0500. The molecule has 1 heterocycles. The molecule has 17 heavy (non-hydrogen) atoms. The normalized spacial score (nSPS) is 12.9. The van der Waals surface area contributed by atoms with Gasteiger partial charge in [0.1, 0.15) is 5.75 Å². The van der Waals surface area contributed by atoms with Gasteiger partial charge in [-0.2, -0.15) is 21.6 Å². The molecule has 0 unspecified atom stereocenters. The summed E-state index contributed by atoms with van der Waals surface area (Å²) in [5, 5.41) is 3.90. The summed E-state index contributed by atoms with van der Waals surface area (Å²) >= 11 is 0. The fourth-order valence-corrected chi connectivity index (χ4v) is 1.52. The molecule has 0 atom stereocenters. The third kappa shape index (κ3) is 2.18. The molecule has 0 aliphatic heterocycles. The molecule has 0 aliphatic rings. The largest absolute Gasteiger partial charge is 0.534 e. The Morgan fingerprint density at radius 2 is 2.00 bits per heavy atom. The van der Waals surface area contributed by atoms with Crippen molar-refractivity contribution in [3.05, 3.63) is 24.4 Å². The van der Waals surface area contributed by atoms with Gasteiger partial charge in [-0.1, -0.05) is 5.16 Å². The summed E-state index contributed by atoms with van der Waals surface area (Å²) in [5.74, 6) is -0.494. The average Bonchev–Trinajstić information content (AvgIpc) is 2.62. The molecule has 2 aromatic rings. The van der Waals surface area contributed by atoms with E-state index in [2.05, 4.69) is 13.9 Å². The van der Waals surface area contributed by atoms with Crippen molar-refractivity contribution in [3.63, 3.8) is 0 Å². The molecule has 92 valence electrons. The van der Waals surface area contributed by atoms with Crippen LogP contribution in [0.15, 0.2) is 28.9 Å². The van der Waals surface area contributed by atoms with Crippen LogP contribution in [-0.2, 0) is 10.1 Å². The number of alkyl halides is 3. The highest BCUT2D eigenvalue weighted by Crippen LogP contribution is 2.28. The minimum absolute atomic E-state index is 0.125. The quantitative estimate of drug-likeness (QED) is 0.615. The van der Waals surface area contributed by atoms with Crippen LogP contribution in [0.25, 0.3) is 11.0 Å². The number of fused-ring (bicyclic) bond motifs is 1. The zero-order valence-corrected chi connectivity index (χ0v) is 8.75. The molecule has 2 rings (SSSR count). The summed E-state index contributed by atoms with van der Waals surface area (Å²) in [6.45, 7) is 0. The second-order valence-electron chi connectivity index (χ2n) is 3.01. The van der Waals surface area contributed by atoms with E-state index in [0.29, 0.717) is 5.39 Å². The molecular formula is C8H4F3NO4S. The van der Waals surface area contributed by atoms with E-state index in [1.807, 2.05) is 0 Å². The number of benzene rings is 1. The Morgan fingerprint density at radius 1 is 1.29 bits per heavy atom. The van der Waals surface area contributed by atoms with Gasteiger partial charge in [0.25, 0.3) is 0 Å². The monoisotopic (exact) mass is 267 g/mol. The maximum Gasteiger partial charge on any atom is 0.534 e. The van der Waals surface area contributed by atoms with Crippen molar-refractivity contribution in [2.75, 3.05) is 0 Å². The summed E-state index contributed by atoms with van der Waals surface area (Å²) in [6.07, 6.45) is 1.33. The fourth-order valence-electron chi connectivity index (χ4n) is 1.07. The Bertz CT molecular complexity index is 646. The van der Waals surface area contributed by atoms with Gasteiger partial charge < -0.3 is 8.71 Å². The highest BCUT2D eigenvalue weighted by molar-refractivity contribution is 7.88. The molecule has 0 N–H and O–H groups in total. The summed E-state index contributed by atoms with van der Waals surface area (Å²) in [6, 6.07) is 3.40. The minimum atomic E-state index is -5.66. The van der Waals surface area contributed by atoms with E-state index in [9.17, 15) is 21.6 Å². The predicted molar refractivity (Wildman–Crippen MR) is 49.6 cm³/mol. The van der Waals surface area contributed by atoms with Gasteiger partial charge >= 0.3 is 15.6 Å². The molecular weight excluding hydrogens is 263 g/mol. The van der Waals surface area contributed by atoms with Crippen LogP contribution in [0.4, 0.5) is 13.2 Å². The van der Waals surface area contributed by atoms with Crippen molar-refractivity contribution in [2.24, 2.45) is 0 Å². The molecule has 0 fully saturated rings.